The number of nitrogens with zero attached hydrogens (tertiary/aromatic N) is 5. The van der Waals surface area contributed by atoms with Crippen molar-refractivity contribution in [3.8, 4) is 0 Å². The normalized spacial score (nSPS) is 18.6. The third-order valence-electron chi connectivity index (χ3n) is 3.20. The summed E-state index contributed by atoms with van der Waals surface area (Å²) >= 11 is 0. The highest BCUT2D eigenvalue weighted by atomic mass is 32.2. The van der Waals surface area contributed by atoms with E-state index >= 15 is 0 Å². The summed E-state index contributed by atoms with van der Waals surface area (Å²) in [5, 5.41) is 22.5. The van der Waals surface area contributed by atoms with Gasteiger partial charge in [0.2, 0.25) is 5.16 Å². The summed E-state index contributed by atoms with van der Waals surface area (Å²) in [6.45, 7) is 5.83. The lowest BCUT2D eigenvalue weighted by molar-refractivity contribution is 0.417. The first-order valence-electron chi connectivity index (χ1n) is 6.34. The van der Waals surface area contributed by atoms with Gasteiger partial charge in [0.15, 0.2) is 0 Å². The second kappa shape index (κ2) is 4.34. The maximum Gasteiger partial charge on any atom is 0.273 e. The van der Waals surface area contributed by atoms with Crippen LogP contribution in [0, 0.1) is 5.41 Å². The molecule has 0 fully saturated rings. The molecule has 1 unspecified atom stereocenters. The van der Waals surface area contributed by atoms with Crippen LogP contribution in [0.2, 0.25) is 0 Å². The Balaban J connectivity index is 2.24. The van der Waals surface area contributed by atoms with Crippen LogP contribution in [0.1, 0.15) is 32.2 Å². The van der Waals surface area contributed by atoms with E-state index in [1.54, 1.807) is 13.0 Å². The minimum absolute atomic E-state index is 0.0966. The van der Waals surface area contributed by atoms with Crippen molar-refractivity contribution in [1.29, 1.82) is 0 Å². The van der Waals surface area contributed by atoms with E-state index in [0.717, 1.165) is 5.69 Å². The summed E-state index contributed by atoms with van der Waals surface area (Å²) in [7, 11) is -1.24. The molecule has 2 aromatic heterocycles. The van der Waals surface area contributed by atoms with Gasteiger partial charge in [-0.25, -0.2) is 0 Å². The standard InChI is InChI=1S/C12H15N5O2S/c1-4-20(19)11-13-10-15-14-9-7(17(10)16-11)5-12(2,3)6-8(9)18/h6,18H,4-5H2,1-3H3. The topological polar surface area (TPSA) is 93.3 Å². The number of hydrogen-bond donors (Lipinski definition) is 1. The van der Waals surface area contributed by atoms with Crippen LogP contribution in [-0.2, 0) is 17.2 Å². The van der Waals surface area contributed by atoms with Crippen LogP contribution in [0.3, 0.4) is 0 Å². The summed E-state index contributed by atoms with van der Waals surface area (Å²) in [6, 6.07) is 0. The maximum absolute atomic E-state index is 11.8. The highest BCUT2D eigenvalue weighted by Gasteiger charge is 2.30. The van der Waals surface area contributed by atoms with Gasteiger partial charge in [-0.3, -0.25) is 4.21 Å². The molecular formula is C12H15N5O2S. The summed E-state index contributed by atoms with van der Waals surface area (Å²) in [4.78, 5) is 4.14. The Hall–Kier alpha value is -1.83. The van der Waals surface area contributed by atoms with Gasteiger partial charge in [0.1, 0.15) is 11.5 Å². The maximum atomic E-state index is 11.8. The molecule has 106 valence electrons. The van der Waals surface area contributed by atoms with E-state index in [-0.39, 0.29) is 16.3 Å². The summed E-state index contributed by atoms with van der Waals surface area (Å²) in [5.41, 5.74) is 0.950. The number of aromatic nitrogens is 5. The summed E-state index contributed by atoms with van der Waals surface area (Å²) < 4.78 is 13.3. The van der Waals surface area contributed by atoms with Crippen molar-refractivity contribution in [3.63, 3.8) is 0 Å². The Bertz CT molecular complexity index is 750. The molecule has 2 aromatic rings. The highest BCUT2D eigenvalue weighted by molar-refractivity contribution is 7.84. The average molecular weight is 293 g/mol. The van der Waals surface area contributed by atoms with Gasteiger partial charge in [-0.05, 0) is 11.5 Å². The molecule has 0 spiro atoms. The first kappa shape index (κ1) is 13.2. The van der Waals surface area contributed by atoms with E-state index in [4.69, 9.17) is 0 Å². The zero-order valence-corrected chi connectivity index (χ0v) is 12.3. The second-order valence-corrected chi connectivity index (χ2v) is 7.06. The molecule has 0 saturated carbocycles. The number of aliphatic hydroxyl groups excluding tert-OH is 1. The molecule has 0 amide bonds. The van der Waals surface area contributed by atoms with E-state index < -0.39 is 10.8 Å². The Morgan fingerprint density at radius 2 is 2.20 bits per heavy atom. The van der Waals surface area contributed by atoms with E-state index in [1.807, 2.05) is 13.8 Å². The van der Waals surface area contributed by atoms with Gasteiger partial charge < -0.3 is 5.11 Å². The van der Waals surface area contributed by atoms with Gasteiger partial charge in [-0.1, -0.05) is 20.8 Å². The fourth-order valence-corrected chi connectivity index (χ4v) is 2.90. The lowest BCUT2D eigenvalue weighted by Crippen LogP contribution is -2.23. The van der Waals surface area contributed by atoms with Crippen LogP contribution in [-0.4, -0.2) is 39.9 Å². The molecule has 20 heavy (non-hydrogen) atoms. The lowest BCUT2D eigenvalue weighted by atomic mass is 9.82. The monoisotopic (exact) mass is 293 g/mol. The predicted molar refractivity (Wildman–Crippen MR) is 73.6 cm³/mol. The quantitative estimate of drug-likeness (QED) is 0.892. The van der Waals surface area contributed by atoms with E-state index in [0.29, 0.717) is 23.6 Å². The molecule has 2 heterocycles. The van der Waals surface area contributed by atoms with Crippen LogP contribution >= 0.6 is 0 Å². The van der Waals surface area contributed by atoms with Crippen molar-refractivity contribution in [2.24, 2.45) is 5.41 Å². The first-order chi connectivity index (χ1) is 9.41. The minimum Gasteiger partial charge on any atom is -0.506 e. The lowest BCUT2D eigenvalue weighted by Gasteiger charge is -2.26. The number of rotatable bonds is 2. The van der Waals surface area contributed by atoms with Crippen molar-refractivity contribution < 1.29 is 9.32 Å². The molecule has 0 radical (unpaired) electrons. The van der Waals surface area contributed by atoms with Crippen molar-refractivity contribution >= 4 is 22.3 Å². The van der Waals surface area contributed by atoms with Crippen LogP contribution in [0.5, 0.6) is 0 Å². The van der Waals surface area contributed by atoms with Gasteiger partial charge in [-0.15, -0.1) is 15.3 Å². The van der Waals surface area contributed by atoms with Crippen LogP contribution in [0.15, 0.2) is 11.2 Å². The third-order valence-corrected chi connectivity index (χ3v) is 4.30. The largest absolute Gasteiger partial charge is 0.506 e. The number of aliphatic hydroxyl groups is 1. The van der Waals surface area contributed by atoms with Crippen molar-refractivity contribution in [2.45, 2.75) is 32.3 Å². The smallest absolute Gasteiger partial charge is 0.273 e. The molecule has 3 rings (SSSR count). The summed E-state index contributed by atoms with van der Waals surface area (Å²) in [6.07, 6.45) is 2.41. The molecule has 7 nitrogen and oxygen atoms in total. The second-order valence-electron chi connectivity index (χ2n) is 5.43. The fourth-order valence-electron chi connectivity index (χ4n) is 2.29. The molecule has 0 bridgehead atoms. The van der Waals surface area contributed by atoms with Gasteiger partial charge >= 0.3 is 0 Å². The molecule has 1 atom stereocenters. The third kappa shape index (κ3) is 2.00. The molecule has 8 heteroatoms. The Kier molecular flexibility index (Phi) is 2.86. The molecule has 1 aliphatic carbocycles. The Morgan fingerprint density at radius 3 is 2.90 bits per heavy atom. The van der Waals surface area contributed by atoms with Gasteiger partial charge in [-0.2, -0.15) is 9.50 Å². The Labute approximate surface area is 118 Å². The van der Waals surface area contributed by atoms with Gasteiger partial charge in [0.25, 0.3) is 5.78 Å². The summed E-state index contributed by atoms with van der Waals surface area (Å²) in [5.74, 6) is 0.855. The van der Waals surface area contributed by atoms with Crippen LogP contribution in [0.25, 0.3) is 11.5 Å². The molecular weight excluding hydrogens is 278 g/mol. The minimum atomic E-state index is -1.24. The first-order valence-corrected chi connectivity index (χ1v) is 7.66. The average Bonchev–Trinajstić information content (AvgIpc) is 2.80. The molecule has 0 saturated heterocycles. The number of fused-ring (bicyclic) bond motifs is 3. The SMILES string of the molecule is CCS(=O)c1nc2nnc3c(n2n1)CC(C)(C)C=C3O. The zero-order chi connectivity index (χ0) is 14.5. The highest BCUT2D eigenvalue weighted by Crippen LogP contribution is 2.33. The molecule has 1 aliphatic rings. The van der Waals surface area contributed by atoms with Crippen molar-refractivity contribution in [2.75, 3.05) is 5.75 Å². The van der Waals surface area contributed by atoms with Gasteiger partial charge in [0, 0.05) is 12.2 Å². The fraction of sp³-hybridized carbons (Fsp3) is 0.500. The van der Waals surface area contributed by atoms with E-state index in [1.165, 1.54) is 4.52 Å². The number of hydrogen-bond acceptors (Lipinski definition) is 6. The molecule has 1 N–H and O–H groups in total. The van der Waals surface area contributed by atoms with Crippen molar-refractivity contribution in [3.05, 3.63) is 17.5 Å². The predicted octanol–water partition coefficient (Wildman–Crippen LogP) is 1.13. The van der Waals surface area contributed by atoms with E-state index in [9.17, 15) is 9.32 Å². The van der Waals surface area contributed by atoms with E-state index in [2.05, 4.69) is 20.3 Å². The van der Waals surface area contributed by atoms with Crippen LogP contribution < -0.4 is 0 Å². The van der Waals surface area contributed by atoms with Crippen molar-refractivity contribution in [1.82, 2.24) is 24.8 Å². The molecule has 0 aromatic carbocycles. The zero-order valence-electron chi connectivity index (χ0n) is 11.5. The van der Waals surface area contributed by atoms with Crippen LogP contribution in [0.4, 0.5) is 0 Å². The number of allylic oxidation sites excluding steroid dienone is 1. The van der Waals surface area contributed by atoms with Gasteiger partial charge in [0.05, 0.1) is 16.5 Å². The Morgan fingerprint density at radius 1 is 1.45 bits per heavy atom. The molecule has 0 aliphatic heterocycles.